The predicted molar refractivity (Wildman–Crippen MR) is 152 cm³/mol. The number of ether oxygens (including phenoxy) is 2. The minimum atomic E-state index is -5.08. The van der Waals surface area contributed by atoms with Crippen LogP contribution in [0.4, 0.5) is 13.2 Å². The Morgan fingerprint density at radius 2 is 1.85 bits per heavy atom. The number of alkyl halides is 3. The Hall–Kier alpha value is -3.38. The molecule has 2 aliphatic rings. The van der Waals surface area contributed by atoms with Crippen LogP contribution in [0.2, 0.25) is 0 Å². The fourth-order valence-electron chi connectivity index (χ4n) is 5.51. The van der Waals surface area contributed by atoms with E-state index in [1.807, 2.05) is 36.4 Å². The molecular formula is C29H34F3N3O5S. The summed E-state index contributed by atoms with van der Waals surface area (Å²) in [6.45, 7) is 6.11. The Morgan fingerprint density at radius 3 is 2.51 bits per heavy atom. The standard InChI is InChI=1S/C27H33N3O3S.C2HF3O2/c1-3-34-18-25(31)30-13-11-22-23-17-21(32-2)9-10-24(23)28-26(22)27(30)12-14-29(19-27)15-16-33-20-7-5-4-6-8-20;3-2(4,5)1(6)7/h4-10,17,28H,3,11-16,18-19H2,1-2H3;(H,6,7). The number of aromatic amines is 1. The van der Waals surface area contributed by atoms with Gasteiger partial charge in [0.05, 0.1) is 18.4 Å². The highest BCUT2D eigenvalue weighted by Gasteiger charge is 2.50. The number of carboxylic acids is 1. The molecule has 1 unspecified atom stereocenters. The number of hydrogen-bond donors (Lipinski definition) is 2. The lowest BCUT2D eigenvalue weighted by Gasteiger charge is -2.45. The van der Waals surface area contributed by atoms with Gasteiger partial charge in [0.15, 0.2) is 0 Å². The lowest BCUT2D eigenvalue weighted by Crippen LogP contribution is -2.55. The van der Waals surface area contributed by atoms with Gasteiger partial charge in [-0.05, 0) is 54.5 Å². The number of aliphatic carboxylic acids is 1. The Balaban J connectivity index is 0.000000493. The van der Waals surface area contributed by atoms with Crippen LogP contribution in [-0.4, -0.2) is 89.3 Å². The second kappa shape index (κ2) is 13.1. The van der Waals surface area contributed by atoms with Crippen molar-refractivity contribution in [1.82, 2.24) is 14.8 Å². The molecule has 1 fully saturated rings. The van der Waals surface area contributed by atoms with Crippen molar-refractivity contribution in [2.45, 2.75) is 31.5 Å². The van der Waals surface area contributed by atoms with Gasteiger partial charge in [-0.2, -0.15) is 24.9 Å². The smallest absolute Gasteiger partial charge is 0.490 e. The summed E-state index contributed by atoms with van der Waals surface area (Å²) in [6, 6.07) is 16.2. The monoisotopic (exact) mass is 593 g/mol. The Morgan fingerprint density at radius 1 is 1.12 bits per heavy atom. The molecular weight excluding hydrogens is 559 g/mol. The zero-order chi connectivity index (χ0) is 29.6. The molecule has 2 aromatic carbocycles. The van der Waals surface area contributed by atoms with Crippen molar-refractivity contribution in [2.24, 2.45) is 0 Å². The highest BCUT2D eigenvalue weighted by atomic mass is 32.2. The predicted octanol–water partition coefficient (Wildman–Crippen LogP) is 4.93. The normalized spacial score (nSPS) is 18.6. The molecule has 3 aromatic rings. The van der Waals surface area contributed by atoms with Gasteiger partial charge in [0.2, 0.25) is 5.91 Å². The quantitative estimate of drug-likeness (QED) is 0.383. The van der Waals surface area contributed by atoms with Gasteiger partial charge in [-0.1, -0.05) is 25.1 Å². The molecule has 0 saturated carbocycles. The number of carbonyl (C=O) groups is 2. The highest BCUT2D eigenvalue weighted by molar-refractivity contribution is 7.99. The van der Waals surface area contributed by atoms with Crippen LogP contribution in [0.1, 0.15) is 24.6 Å². The van der Waals surface area contributed by atoms with E-state index in [1.165, 1.54) is 16.6 Å². The molecule has 0 bridgehead atoms. The lowest BCUT2D eigenvalue weighted by molar-refractivity contribution is -0.192. The summed E-state index contributed by atoms with van der Waals surface area (Å²) in [4.78, 5) is 30.6. The first-order valence-electron chi connectivity index (χ1n) is 13.4. The average molecular weight is 594 g/mol. The van der Waals surface area contributed by atoms with Crippen molar-refractivity contribution < 1.29 is 37.3 Å². The number of halogens is 3. The van der Waals surface area contributed by atoms with Gasteiger partial charge >= 0.3 is 12.1 Å². The summed E-state index contributed by atoms with van der Waals surface area (Å²) < 4.78 is 43.2. The van der Waals surface area contributed by atoms with Gasteiger partial charge in [0.25, 0.3) is 0 Å². The van der Waals surface area contributed by atoms with Crippen molar-refractivity contribution in [2.75, 3.05) is 51.4 Å². The number of para-hydroxylation sites is 1. The Kier molecular flexibility index (Phi) is 9.75. The van der Waals surface area contributed by atoms with Gasteiger partial charge in [0.1, 0.15) is 18.1 Å². The van der Waals surface area contributed by atoms with Crippen LogP contribution < -0.4 is 9.47 Å². The fourth-order valence-corrected chi connectivity index (χ4v) is 6.04. The lowest BCUT2D eigenvalue weighted by atomic mass is 9.83. The molecule has 0 aliphatic carbocycles. The molecule has 1 spiro atoms. The van der Waals surface area contributed by atoms with Crippen molar-refractivity contribution in [3.63, 3.8) is 0 Å². The van der Waals surface area contributed by atoms with E-state index >= 15 is 0 Å². The summed E-state index contributed by atoms with van der Waals surface area (Å²) in [6.07, 6.45) is -3.29. The first kappa shape index (κ1) is 30.6. The Labute approximate surface area is 240 Å². The van der Waals surface area contributed by atoms with Crippen LogP contribution in [0.25, 0.3) is 10.9 Å². The second-order valence-corrected chi connectivity index (χ2v) is 11.1. The van der Waals surface area contributed by atoms with E-state index in [1.54, 1.807) is 18.9 Å². The van der Waals surface area contributed by atoms with E-state index in [2.05, 4.69) is 33.8 Å². The van der Waals surface area contributed by atoms with Gasteiger partial charge in [-0.25, -0.2) is 4.79 Å². The zero-order valence-corrected chi connectivity index (χ0v) is 23.8. The van der Waals surface area contributed by atoms with Gasteiger partial charge in [0, 0.05) is 42.8 Å². The maximum atomic E-state index is 13.4. The minimum absolute atomic E-state index is 0.246. The molecule has 41 heavy (non-hydrogen) atoms. The first-order chi connectivity index (χ1) is 19.6. The maximum absolute atomic E-state index is 13.4. The van der Waals surface area contributed by atoms with E-state index in [0.29, 0.717) is 12.4 Å². The molecule has 2 N–H and O–H groups in total. The number of hydrogen-bond acceptors (Lipinski definition) is 6. The molecule has 8 nitrogen and oxygen atoms in total. The average Bonchev–Trinajstić information content (AvgIpc) is 3.54. The summed E-state index contributed by atoms with van der Waals surface area (Å²) in [5, 5.41) is 8.34. The van der Waals surface area contributed by atoms with Gasteiger partial charge < -0.3 is 24.5 Å². The number of aromatic nitrogens is 1. The van der Waals surface area contributed by atoms with Crippen molar-refractivity contribution in [1.29, 1.82) is 0 Å². The first-order valence-corrected chi connectivity index (χ1v) is 14.5. The number of nitrogens with one attached hydrogen (secondary N) is 1. The molecule has 1 amide bonds. The number of likely N-dealkylation sites (tertiary alicyclic amines) is 1. The largest absolute Gasteiger partial charge is 0.497 e. The zero-order valence-electron chi connectivity index (χ0n) is 23.0. The highest BCUT2D eigenvalue weighted by Crippen LogP contribution is 2.45. The molecule has 0 radical (unpaired) electrons. The van der Waals surface area contributed by atoms with E-state index in [-0.39, 0.29) is 11.4 Å². The summed E-state index contributed by atoms with van der Waals surface area (Å²) >= 11 is 1.70. The number of thioether (sulfide) groups is 1. The summed E-state index contributed by atoms with van der Waals surface area (Å²) in [5.74, 6) is 0.747. The number of amides is 1. The second-order valence-electron chi connectivity index (χ2n) is 9.84. The fraction of sp³-hybridized carbons (Fsp3) is 0.448. The Bertz CT molecular complexity index is 1350. The maximum Gasteiger partial charge on any atom is 0.490 e. The number of nitrogens with zero attached hydrogens (tertiary/aromatic N) is 2. The third-order valence-electron chi connectivity index (χ3n) is 7.40. The molecule has 5 rings (SSSR count). The molecule has 2 aliphatic heterocycles. The van der Waals surface area contributed by atoms with E-state index in [0.717, 1.165) is 61.8 Å². The summed E-state index contributed by atoms with van der Waals surface area (Å²) in [7, 11) is 1.71. The van der Waals surface area contributed by atoms with Crippen LogP contribution in [-0.2, 0) is 21.5 Å². The number of methoxy groups -OCH3 is 1. The number of carbonyl (C=O) groups excluding carboxylic acids is 1. The number of H-pyrrole nitrogens is 1. The molecule has 12 heteroatoms. The molecule has 1 atom stereocenters. The van der Waals surface area contributed by atoms with E-state index in [4.69, 9.17) is 19.4 Å². The van der Waals surface area contributed by atoms with E-state index < -0.39 is 12.1 Å². The van der Waals surface area contributed by atoms with Crippen LogP contribution in [0.3, 0.4) is 0 Å². The molecule has 3 heterocycles. The SMILES string of the molecule is CCSCC(=O)N1CCc2c([nH]c3ccc(OC)cc23)C12CCN(CCOc1ccccc1)C2.O=C(O)C(F)(F)F. The molecule has 1 aromatic heterocycles. The number of benzene rings is 2. The van der Waals surface area contributed by atoms with Crippen LogP contribution in [0.15, 0.2) is 48.5 Å². The number of carboxylic acid groups (broad SMARTS) is 1. The third kappa shape index (κ3) is 6.92. The minimum Gasteiger partial charge on any atom is -0.497 e. The topological polar surface area (TPSA) is 95.1 Å². The van der Waals surface area contributed by atoms with Crippen LogP contribution in [0.5, 0.6) is 11.5 Å². The van der Waals surface area contributed by atoms with Crippen LogP contribution in [0, 0.1) is 0 Å². The van der Waals surface area contributed by atoms with Gasteiger partial charge in [-0.15, -0.1) is 0 Å². The van der Waals surface area contributed by atoms with Crippen LogP contribution >= 0.6 is 11.8 Å². The molecule has 1 saturated heterocycles. The van der Waals surface area contributed by atoms with Gasteiger partial charge in [-0.3, -0.25) is 9.69 Å². The van der Waals surface area contributed by atoms with E-state index in [9.17, 15) is 18.0 Å². The summed E-state index contributed by atoms with van der Waals surface area (Å²) in [5.41, 5.74) is 3.35. The number of fused-ring (bicyclic) bond motifs is 4. The molecule has 222 valence electrons. The van der Waals surface area contributed by atoms with Crippen molar-refractivity contribution in [3.05, 3.63) is 59.8 Å². The van der Waals surface area contributed by atoms with Crippen molar-refractivity contribution in [3.8, 4) is 11.5 Å². The third-order valence-corrected chi connectivity index (χ3v) is 8.26. The van der Waals surface area contributed by atoms with Crippen molar-refractivity contribution >= 4 is 34.5 Å². The number of rotatable bonds is 8.